The molecule has 0 saturated heterocycles. The number of halogens is 1. The molecule has 0 saturated carbocycles. The zero-order chi connectivity index (χ0) is 12.7. The predicted octanol–water partition coefficient (Wildman–Crippen LogP) is 2.86. The van der Waals surface area contributed by atoms with Crippen LogP contribution >= 0.6 is 11.8 Å². The number of rotatable bonds is 3. The Morgan fingerprint density at radius 1 is 1.53 bits per heavy atom. The third kappa shape index (κ3) is 4.92. The van der Waals surface area contributed by atoms with Crippen molar-refractivity contribution in [3.05, 3.63) is 29.6 Å². The van der Waals surface area contributed by atoms with Gasteiger partial charge in [0.15, 0.2) is 5.12 Å². The zero-order valence-corrected chi connectivity index (χ0v) is 10.6. The van der Waals surface area contributed by atoms with Crippen molar-refractivity contribution in [3.63, 3.8) is 0 Å². The Kier molecular flexibility index (Phi) is 5.58. The van der Waals surface area contributed by atoms with E-state index >= 15 is 0 Å². The molecule has 1 aromatic carbocycles. The molecule has 0 bridgehead atoms. The lowest BCUT2D eigenvalue weighted by atomic mass is 10.2. The van der Waals surface area contributed by atoms with Crippen molar-refractivity contribution < 1.29 is 13.9 Å². The van der Waals surface area contributed by atoms with Crippen LogP contribution in [0, 0.1) is 17.7 Å². The lowest BCUT2D eigenvalue weighted by molar-refractivity contribution is -0.109. The van der Waals surface area contributed by atoms with E-state index in [4.69, 9.17) is 4.74 Å². The van der Waals surface area contributed by atoms with Crippen LogP contribution in [0.5, 0.6) is 5.75 Å². The van der Waals surface area contributed by atoms with Gasteiger partial charge >= 0.3 is 0 Å². The molecular formula is C13H13FO2S. The van der Waals surface area contributed by atoms with E-state index in [-0.39, 0.29) is 10.9 Å². The monoisotopic (exact) mass is 252 g/mol. The molecular weight excluding hydrogens is 239 g/mol. The number of carbonyl (C=O) groups excluding carboxylic acids is 1. The van der Waals surface area contributed by atoms with Gasteiger partial charge in [0.25, 0.3) is 0 Å². The van der Waals surface area contributed by atoms with Crippen LogP contribution < -0.4 is 4.74 Å². The summed E-state index contributed by atoms with van der Waals surface area (Å²) in [6.45, 7) is 1.51. The maximum Gasteiger partial charge on any atom is 0.185 e. The number of hydrogen-bond acceptors (Lipinski definition) is 3. The number of carbonyl (C=O) groups is 1. The molecule has 0 spiro atoms. The maximum atomic E-state index is 13.3. The van der Waals surface area contributed by atoms with E-state index in [1.165, 1.54) is 31.9 Å². The van der Waals surface area contributed by atoms with Gasteiger partial charge in [0.2, 0.25) is 0 Å². The van der Waals surface area contributed by atoms with Crippen LogP contribution in [-0.2, 0) is 4.79 Å². The van der Waals surface area contributed by atoms with Crippen LogP contribution in [-0.4, -0.2) is 18.0 Å². The van der Waals surface area contributed by atoms with Gasteiger partial charge in [-0.15, -0.1) is 0 Å². The highest BCUT2D eigenvalue weighted by molar-refractivity contribution is 8.13. The summed E-state index contributed by atoms with van der Waals surface area (Å²) >= 11 is 1.22. The van der Waals surface area contributed by atoms with Gasteiger partial charge in [-0.1, -0.05) is 23.6 Å². The minimum atomic E-state index is -0.363. The van der Waals surface area contributed by atoms with Crippen LogP contribution in [0.1, 0.15) is 18.9 Å². The van der Waals surface area contributed by atoms with Gasteiger partial charge in [-0.25, -0.2) is 4.39 Å². The third-order valence-electron chi connectivity index (χ3n) is 1.93. The Morgan fingerprint density at radius 3 is 2.94 bits per heavy atom. The molecule has 0 aliphatic carbocycles. The lowest BCUT2D eigenvalue weighted by Gasteiger charge is -2.00. The van der Waals surface area contributed by atoms with Gasteiger partial charge in [-0.2, -0.15) is 0 Å². The molecule has 0 aliphatic rings. The number of ether oxygens (including phenoxy) is 1. The average Bonchev–Trinajstić information content (AvgIpc) is 2.30. The van der Waals surface area contributed by atoms with E-state index in [2.05, 4.69) is 11.8 Å². The largest absolute Gasteiger partial charge is 0.497 e. The highest BCUT2D eigenvalue weighted by Gasteiger charge is 2.00. The van der Waals surface area contributed by atoms with E-state index in [9.17, 15) is 9.18 Å². The van der Waals surface area contributed by atoms with Gasteiger partial charge in [-0.05, 0) is 18.2 Å². The second-order valence-corrected chi connectivity index (χ2v) is 4.51. The first-order valence-electron chi connectivity index (χ1n) is 5.09. The molecule has 0 heterocycles. The molecule has 0 aliphatic heterocycles. The first-order valence-corrected chi connectivity index (χ1v) is 6.08. The molecule has 1 rings (SSSR count). The third-order valence-corrected chi connectivity index (χ3v) is 2.74. The highest BCUT2D eigenvalue weighted by Crippen LogP contribution is 2.15. The molecule has 90 valence electrons. The van der Waals surface area contributed by atoms with Crippen molar-refractivity contribution in [1.82, 2.24) is 0 Å². The van der Waals surface area contributed by atoms with Gasteiger partial charge in [0.1, 0.15) is 11.6 Å². The van der Waals surface area contributed by atoms with Crippen LogP contribution in [0.3, 0.4) is 0 Å². The molecule has 2 nitrogen and oxygen atoms in total. The summed E-state index contributed by atoms with van der Waals surface area (Å²) in [6, 6.07) is 4.43. The Balaban J connectivity index is 2.61. The normalized spacial score (nSPS) is 9.35. The van der Waals surface area contributed by atoms with Gasteiger partial charge in [-0.3, -0.25) is 4.79 Å². The smallest absolute Gasteiger partial charge is 0.185 e. The van der Waals surface area contributed by atoms with Crippen molar-refractivity contribution in [2.24, 2.45) is 0 Å². The summed E-state index contributed by atoms with van der Waals surface area (Å²) in [5.74, 6) is 6.41. The van der Waals surface area contributed by atoms with E-state index in [1.807, 2.05) is 0 Å². The quantitative estimate of drug-likeness (QED) is 0.611. The summed E-state index contributed by atoms with van der Waals surface area (Å²) in [6.07, 6.45) is 0.556. The molecule has 17 heavy (non-hydrogen) atoms. The first-order chi connectivity index (χ1) is 8.13. The minimum absolute atomic E-state index is 0.0689. The molecule has 0 unspecified atom stereocenters. The van der Waals surface area contributed by atoms with E-state index in [0.29, 0.717) is 23.5 Å². The van der Waals surface area contributed by atoms with Crippen LogP contribution in [0.2, 0.25) is 0 Å². The van der Waals surface area contributed by atoms with Crippen LogP contribution in [0.4, 0.5) is 4.39 Å². The summed E-state index contributed by atoms with van der Waals surface area (Å²) in [7, 11) is 1.52. The SMILES string of the molecule is COc1ccc(F)c(C#CCCSC(C)=O)c1. The standard InChI is InChI=1S/C13H13FO2S/c1-10(15)17-8-4-3-5-11-9-12(16-2)6-7-13(11)14/h6-7,9H,4,8H2,1-2H3. The number of thioether (sulfide) groups is 1. The first kappa shape index (κ1) is 13.6. The molecule has 0 radical (unpaired) electrons. The Bertz CT molecular complexity index is 460. The van der Waals surface area contributed by atoms with E-state index in [0.717, 1.165) is 0 Å². The Labute approximate surface area is 105 Å². The topological polar surface area (TPSA) is 26.3 Å². The van der Waals surface area contributed by atoms with Crippen LogP contribution in [0.25, 0.3) is 0 Å². The summed E-state index contributed by atoms with van der Waals surface area (Å²) in [5.41, 5.74) is 0.317. The summed E-state index contributed by atoms with van der Waals surface area (Å²) in [5, 5.41) is 0.0689. The van der Waals surface area contributed by atoms with Crippen molar-refractivity contribution in [1.29, 1.82) is 0 Å². The molecule has 0 N–H and O–H groups in total. The van der Waals surface area contributed by atoms with Crippen LogP contribution in [0.15, 0.2) is 18.2 Å². The number of benzene rings is 1. The van der Waals surface area contributed by atoms with E-state index < -0.39 is 0 Å². The fourth-order valence-corrected chi connectivity index (χ4v) is 1.62. The number of methoxy groups -OCH3 is 1. The molecule has 0 aromatic heterocycles. The van der Waals surface area contributed by atoms with Gasteiger partial charge in [0, 0.05) is 19.1 Å². The lowest BCUT2D eigenvalue weighted by Crippen LogP contribution is -1.88. The molecule has 1 aromatic rings. The zero-order valence-electron chi connectivity index (χ0n) is 9.75. The Hall–Kier alpha value is -1.47. The predicted molar refractivity (Wildman–Crippen MR) is 67.6 cm³/mol. The minimum Gasteiger partial charge on any atom is -0.497 e. The molecule has 0 fully saturated rings. The number of hydrogen-bond donors (Lipinski definition) is 0. The van der Waals surface area contributed by atoms with Crippen molar-refractivity contribution in [2.45, 2.75) is 13.3 Å². The average molecular weight is 252 g/mol. The van der Waals surface area contributed by atoms with Crippen molar-refractivity contribution >= 4 is 16.9 Å². The summed E-state index contributed by atoms with van der Waals surface area (Å²) < 4.78 is 18.3. The fourth-order valence-electron chi connectivity index (χ4n) is 1.13. The van der Waals surface area contributed by atoms with Crippen molar-refractivity contribution in [2.75, 3.05) is 12.9 Å². The van der Waals surface area contributed by atoms with Gasteiger partial charge in [0.05, 0.1) is 12.7 Å². The second-order valence-electron chi connectivity index (χ2n) is 3.24. The molecule has 0 atom stereocenters. The van der Waals surface area contributed by atoms with Gasteiger partial charge < -0.3 is 4.74 Å². The molecule has 0 amide bonds. The van der Waals surface area contributed by atoms with E-state index in [1.54, 1.807) is 12.1 Å². The fraction of sp³-hybridized carbons (Fsp3) is 0.308. The maximum absolute atomic E-state index is 13.3. The summed E-state index contributed by atoms with van der Waals surface area (Å²) in [4.78, 5) is 10.7. The Morgan fingerprint density at radius 2 is 2.29 bits per heavy atom. The van der Waals surface area contributed by atoms with Crippen molar-refractivity contribution in [3.8, 4) is 17.6 Å². The highest BCUT2D eigenvalue weighted by atomic mass is 32.2. The molecule has 4 heteroatoms. The second kappa shape index (κ2) is 6.97.